The first kappa shape index (κ1) is 15.1. The zero-order valence-corrected chi connectivity index (χ0v) is 13.6. The Bertz CT molecular complexity index is 395. The van der Waals surface area contributed by atoms with E-state index < -0.39 is 11.2 Å². The lowest BCUT2D eigenvalue weighted by Crippen LogP contribution is -2.56. The summed E-state index contributed by atoms with van der Waals surface area (Å²) in [6.07, 6.45) is 8.13. The molecule has 0 aromatic heterocycles. The third-order valence-corrected chi connectivity index (χ3v) is 5.52. The summed E-state index contributed by atoms with van der Waals surface area (Å²) in [7, 11) is 0. The van der Waals surface area contributed by atoms with E-state index in [0.717, 1.165) is 38.5 Å². The van der Waals surface area contributed by atoms with E-state index in [-0.39, 0.29) is 18.2 Å². The van der Waals surface area contributed by atoms with Gasteiger partial charge in [0.15, 0.2) is 0 Å². The molecule has 2 atom stereocenters. The number of rotatable bonds is 1. The number of amides is 1. The lowest BCUT2D eigenvalue weighted by molar-refractivity contribution is -0.0901. The van der Waals surface area contributed by atoms with Crippen LogP contribution < -0.4 is 0 Å². The van der Waals surface area contributed by atoms with Crippen LogP contribution in [-0.2, 0) is 4.74 Å². The largest absolute Gasteiger partial charge is 0.444 e. The van der Waals surface area contributed by atoms with E-state index in [4.69, 9.17) is 4.74 Å². The number of fused-ring (bicyclic) bond motifs is 2. The second kappa shape index (κ2) is 5.15. The molecule has 1 aliphatic carbocycles. The lowest BCUT2D eigenvalue weighted by Gasteiger charge is -2.46. The molecule has 4 heteroatoms. The molecule has 3 rings (SSSR count). The highest BCUT2D eigenvalue weighted by molar-refractivity contribution is 5.69. The summed E-state index contributed by atoms with van der Waals surface area (Å²) in [5.41, 5.74) is -0.990. The van der Waals surface area contributed by atoms with E-state index >= 15 is 0 Å². The smallest absolute Gasteiger partial charge is 0.410 e. The van der Waals surface area contributed by atoms with Crippen LogP contribution in [0.2, 0.25) is 0 Å². The van der Waals surface area contributed by atoms with Crippen molar-refractivity contribution in [1.29, 1.82) is 0 Å². The Morgan fingerprint density at radius 2 is 1.62 bits per heavy atom. The summed E-state index contributed by atoms with van der Waals surface area (Å²) < 4.78 is 5.56. The van der Waals surface area contributed by atoms with Crippen molar-refractivity contribution in [3.05, 3.63) is 0 Å². The molecule has 0 radical (unpaired) electrons. The van der Waals surface area contributed by atoms with Crippen LogP contribution in [0.15, 0.2) is 0 Å². The molecule has 4 nitrogen and oxygen atoms in total. The van der Waals surface area contributed by atoms with E-state index in [9.17, 15) is 9.90 Å². The summed E-state index contributed by atoms with van der Waals surface area (Å²) in [5, 5.41) is 11.1. The molecular formula is C17H29NO3. The van der Waals surface area contributed by atoms with Crippen LogP contribution >= 0.6 is 0 Å². The quantitative estimate of drug-likeness (QED) is 0.806. The predicted octanol–water partition coefficient (Wildman–Crippen LogP) is 3.47. The molecule has 2 unspecified atom stereocenters. The number of ether oxygens (including phenoxy) is 1. The van der Waals surface area contributed by atoms with E-state index in [2.05, 4.69) is 0 Å². The Morgan fingerprint density at radius 3 is 2.10 bits per heavy atom. The molecule has 1 amide bonds. The fourth-order valence-corrected chi connectivity index (χ4v) is 4.67. The first-order valence-electron chi connectivity index (χ1n) is 8.52. The zero-order chi connectivity index (χ0) is 15.3. The van der Waals surface area contributed by atoms with Gasteiger partial charge in [-0.25, -0.2) is 4.79 Å². The van der Waals surface area contributed by atoms with Gasteiger partial charge in [-0.2, -0.15) is 0 Å². The Hall–Kier alpha value is -0.770. The number of carbonyl (C=O) groups excluding carboxylic acids is 1. The Labute approximate surface area is 127 Å². The van der Waals surface area contributed by atoms with E-state index in [0.29, 0.717) is 5.92 Å². The van der Waals surface area contributed by atoms with Gasteiger partial charge in [-0.1, -0.05) is 12.8 Å². The highest BCUT2D eigenvalue weighted by Crippen LogP contribution is 2.48. The van der Waals surface area contributed by atoms with Crippen LogP contribution in [0.3, 0.4) is 0 Å². The van der Waals surface area contributed by atoms with Gasteiger partial charge < -0.3 is 14.7 Å². The van der Waals surface area contributed by atoms with Crippen molar-refractivity contribution in [3.8, 4) is 0 Å². The highest BCUT2D eigenvalue weighted by Gasteiger charge is 2.53. The number of nitrogens with zero attached hydrogens (tertiary/aromatic N) is 1. The van der Waals surface area contributed by atoms with Gasteiger partial charge in [-0.05, 0) is 65.2 Å². The Kier molecular flexibility index (Phi) is 3.71. The Morgan fingerprint density at radius 1 is 1.10 bits per heavy atom. The van der Waals surface area contributed by atoms with Crippen LogP contribution in [0.1, 0.15) is 72.1 Å². The molecule has 2 aliphatic heterocycles. The van der Waals surface area contributed by atoms with E-state index in [1.165, 1.54) is 12.8 Å². The predicted molar refractivity (Wildman–Crippen MR) is 81.0 cm³/mol. The molecule has 21 heavy (non-hydrogen) atoms. The van der Waals surface area contributed by atoms with Crippen molar-refractivity contribution in [2.24, 2.45) is 5.92 Å². The van der Waals surface area contributed by atoms with Crippen molar-refractivity contribution in [3.63, 3.8) is 0 Å². The van der Waals surface area contributed by atoms with Gasteiger partial charge >= 0.3 is 6.09 Å². The zero-order valence-electron chi connectivity index (χ0n) is 13.6. The Balaban J connectivity index is 1.70. The minimum Gasteiger partial charge on any atom is -0.444 e. The molecule has 120 valence electrons. The highest BCUT2D eigenvalue weighted by atomic mass is 16.6. The molecule has 2 bridgehead atoms. The third-order valence-electron chi connectivity index (χ3n) is 5.52. The standard InChI is InChI=1S/C17H29NO3/c1-16(2,3)21-15(19)18-13-8-9-14(18)11-17(20,10-13)12-6-4-5-7-12/h12-14,20H,4-11H2,1-3H3. The van der Waals surface area contributed by atoms with Crippen LogP contribution in [0, 0.1) is 5.92 Å². The fourth-order valence-electron chi connectivity index (χ4n) is 4.67. The van der Waals surface area contributed by atoms with Crippen LogP contribution in [0.4, 0.5) is 4.79 Å². The lowest BCUT2D eigenvalue weighted by atomic mass is 9.75. The average molecular weight is 295 g/mol. The van der Waals surface area contributed by atoms with E-state index in [1.807, 2.05) is 25.7 Å². The van der Waals surface area contributed by atoms with Crippen LogP contribution in [0.25, 0.3) is 0 Å². The summed E-state index contributed by atoms with van der Waals surface area (Å²) in [5.74, 6) is 0.446. The van der Waals surface area contributed by atoms with Gasteiger partial charge in [-0.3, -0.25) is 0 Å². The van der Waals surface area contributed by atoms with Crippen molar-refractivity contribution < 1.29 is 14.6 Å². The van der Waals surface area contributed by atoms with Crippen molar-refractivity contribution in [1.82, 2.24) is 4.90 Å². The molecule has 0 aromatic carbocycles. The SMILES string of the molecule is CC(C)(C)OC(=O)N1C2CCC1CC(O)(C1CCCC1)C2. The summed E-state index contributed by atoms with van der Waals surface area (Å²) in [4.78, 5) is 14.4. The minimum absolute atomic E-state index is 0.171. The number of hydrogen-bond donors (Lipinski definition) is 1. The molecule has 1 saturated carbocycles. The van der Waals surface area contributed by atoms with Crippen LogP contribution in [-0.4, -0.2) is 39.4 Å². The van der Waals surface area contributed by atoms with Gasteiger partial charge in [-0.15, -0.1) is 0 Å². The number of carbonyl (C=O) groups is 1. The average Bonchev–Trinajstić information content (AvgIpc) is 2.95. The third kappa shape index (κ3) is 2.92. The van der Waals surface area contributed by atoms with Gasteiger partial charge in [0.2, 0.25) is 0 Å². The van der Waals surface area contributed by atoms with Crippen molar-refractivity contribution in [2.75, 3.05) is 0 Å². The summed E-state index contributed by atoms with van der Waals surface area (Å²) in [6, 6.07) is 0.341. The number of aliphatic hydroxyl groups is 1. The molecule has 0 aromatic rings. The number of hydrogen-bond acceptors (Lipinski definition) is 3. The normalized spacial score (nSPS) is 37.0. The first-order valence-corrected chi connectivity index (χ1v) is 8.52. The minimum atomic E-state index is -0.541. The molecule has 1 N–H and O–H groups in total. The molecule has 3 aliphatic rings. The fraction of sp³-hybridized carbons (Fsp3) is 0.941. The maximum atomic E-state index is 12.4. The molecule has 2 saturated heterocycles. The topological polar surface area (TPSA) is 49.8 Å². The van der Waals surface area contributed by atoms with E-state index in [1.54, 1.807) is 0 Å². The first-order chi connectivity index (χ1) is 9.78. The van der Waals surface area contributed by atoms with Crippen molar-refractivity contribution in [2.45, 2.75) is 95.4 Å². The van der Waals surface area contributed by atoms with Gasteiger partial charge in [0.25, 0.3) is 0 Å². The summed E-state index contributed by atoms with van der Waals surface area (Å²) >= 11 is 0. The monoisotopic (exact) mass is 295 g/mol. The number of piperidine rings is 1. The molecule has 3 fully saturated rings. The van der Waals surface area contributed by atoms with Gasteiger partial charge in [0, 0.05) is 12.1 Å². The van der Waals surface area contributed by atoms with Crippen molar-refractivity contribution >= 4 is 6.09 Å². The second-order valence-electron chi connectivity index (χ2n) is 8.27. The molecular weight excluding hydrogens is 266 g/mol. The van der Waals surface area contributed by atoms with Gasteiger partial charge in [0.05, 0.1) is 5.60 Å². The maximum absolute atomic E-state index is 12.4. The molecule has 0 spiro atoms. The molecule has 2 heterocycles. The van der Waals surface area contributed by atoms with Crippen LogP contribution in [0.5, 0.6) is 0 Å². The second-order valence-corrected chi connectivity index (χ2v) is 8.27. The maximum Gasteiger partial charge on any atom is 0.410 e. The summed E-state index contributed by atoms with van der Waals surface area (Å²) in [6.45, 7) is 5.73. The van der Waals surface area contributed by atoms with Gasteiger partial charge in [0.1, 0.15) is 5.60 Å².